The van der Waals surface area contributed by atoms with Gasteiger partial charge in [0.05, 0.1) is 5.60 Å². The van der Waals surface area contributed by atoms with E-state index in [1.165, 1.54) is 6.42 Å². The first-order valence-electron chi connectivity index (χ1n) is 10.5. The number of nitrogens with zero attached hydrogens (tertiary/aromatic N) is 3. The van der Waals surface area contributed by atoms with Gasteiger partial charge in [-0.2, -0.15) is 0 Å². The van der Waals surface area contributed by atoms with Crippen LogP contribution in [0.4, 0.5) is 5.95 Å². The van der Waals surface area contributed by atoms with E-state index in [1.807, 2.05) is 6.07 Å². The van der Waals surface area contributed by atoms with E-state index in [-0.39, 0.29) is 17.4 Å². The average molecular weight is 370 g/mol. The lowest BCUT2D eigenvalue weighted by molar-refractivity contribution is -0.169. The van der Waals surface area contributed by atoms with Crippen LogP contribution in [0.2, 0.25) is 0 Å². The Balaban J connectivity index is 1.21. The molecule has 1 aromatic rings. The van der Waals surface area contributed by atoms with Gasteiger partial charge in [-0.1, -0.05) is 0 Å². The van der Waals surface area contributed by atoms with Gasteiger partial charge in [-0.15, -0.1) is 0 Å². The van der Waals surface area contributed by atoms with Gasteiger partial charge in [0.1, 0.15) is 0 Å². The maximum absolute atomic E-state index is 12.9. The Kier molecular flexibility index (Phi) is 4.15. The van der Waals surface area contributed by atoms with Crippen LogP contribution in [0.15, 0.2) is 18.5 Å². The molecule has 2 N–H and O–H groups in total. The molecule has 0 radical (unpaired) electrons. The van der Waals surface area contributed by atoms with Crippen molar-refractivity contribution in [3.05, 3.63) is 18.5 Å². The second kappa shape index (κ2) is 6.43. The SMILES string of the molecule is O=C(CC12CC3CC(CC(O)(C3)C1)C2)NC1CCCN(c2ncccn2)C1. The molecule has 1 aromatic heterocycles. The molecule has 5 fully saturated rings. The van der Waals surface area contributed by atoms with E-state index in [0.717, 1.165) is 64.0 Å². The van der Waals surface area contributed by atoms with Crippen LogP contribution in [0.5, 0.6) is 0 Å². The average Bonchev–Trinajstić information content (AvgIpc) is 2.60. The summed E-state index contributed by atoms with van der Waals surface area (Å²) in [5.41, 5.74) is -0.448. The Morgan fingerprint density at radius 3 is 2.67 bits per heavy atom. The van der Waals surface area contributed by atoms with Crippen molar-refractivity contribution in [1.29, 1.82) is 0 Å². The summed E-state index contributed by atoms with van der Waals surface area (Å²) in [6, 6.07) is 1.98. The molecule has 1 aliphatic heterocycles. The summed E-state index contributed by atoms with van der Waals surface area (Å²) in [7, 11) is 0. The zero-order chi connectivity index (χ0) is 18.5. The minimum atomic E-state index is -0.489. The van der Waals surface area contributed by atoms with Gasteiger partial charge >= 0.3 is 0 Å². The topological polar surface area (TPSA) is 78.4 Å². The molecule has 0 spiro atoms. The molecular formula is C21H30N4O2. The minimum absolute atomic E-state index is 0.0415. The minimum Gasteiger partial charge on any atom is -0.390 e. The highest BCUT2D eigenvalue weighted by Gasteiger charge is 2.57. The van der Waals surface area contributed by atoms with Crippen molar-refractivity contribution in [3.8, 4) is 0 Å². The van der Waals surface area contributed by atoms with Crippen LogP contribution in [0.3, 0.4) is 0 Å². The van der Waals surface area contributed by atoms with Gasteiger partial charge in [-0.25, -0.2) is 9.97 Å². The summed E-state index contributed by atoms with van der Waals surface area (Å²) in [6.07, 6.45) is 12.4. The fourth-order valence-electron chi connectivity index (χ4n) is 6.96. The molecule has 1 amide bonds. The lowest BCUT2D eigenvalue weighted by atomic mass is 9.47. The third kappa shape index (κ3) is 3.44. The molecule has 4 bridgehead atoms. The highest BCUT2D eigenvalue weighted by atomic mass is 16.3. The van der Waals surface area contributed by atoms with Gasteiger partial charge in [0.25, 0.3) is 0 Å². The first kappa shape index (κ1) is 17.4. The molecule has 27 heavy (non-hydrogen) atoms. The predicted octanol–water partition coefficient (Wildman–Crippen LogP) is 2.28. The Morgan fingerprint density at radius 2 is 1.96 bits per heavy atom. The van der Waals surface area contributed by atoms with Gasteiger partial charge in [0.15, 0.2) is 0 Å². The molecule has 1 saturated heterocycles. The van der Waals surface area contributed by atoms with E-state index in [9.17, 15) is 9.90 Å². The summed E-state index contributed by atoms with van der Waals surface area (Å²) in [6.45, 7) is 1.72. The van der Waals surface area contributed by atoms with Crippen LogP contribution >= 0.6 is 0 Å². The van der Waals surface area contributed by atoms with E-state index in [0.29, 0.717) is 18.3 Å². The van der Waals surface area contributed by atoms with Crippen molar-refractivity contribution in [3.63, 3.8) is 0 Å². The summed E-state index contributed by atoms with van der Waals surface area (Å²) in [4.78, 5) is 23.8. The Morgan fingerprint density at radius 1 is 1.22 bits per heavy atom. The highest BCUT2D eigenvalue weighted by molar-refractivity contribution is 5.77. The molecular weight excluding hydrogens is 340 g/mol. The lowest BCUT2D eigenvalue weighted by Gasteiger charge is -2.60. The van der Waals surface area contributed by atoms with Crippen LogP contribution in [0, 0.1) is 17.3 Å². The second-order valence-electron chi connectivity index (χ2n) is 9.76. The van der Waals surface area contributed by atoms with Crippen LogP contribution in [0.1, 0.15) is 57.8 Å². The second-order valence-corrected chi connectivity index (χ2v) is 9.76. The summed E-state index contributed by atoms with van der Waals surface area (Å²) >= 11 is 0. The van der Waals surface area contributed by atoms with Crippen LogP contribution in [0.25, 0.3) is 0 Å². The maximum Gasteiger partial charge on any atom is 0.225 e. The summed E-state index contributed by atoms with van der Waals surface area (Å²) < 4.78 is 0. The number of carbonyl (C=O) groups excluding carboxylic acids is 1. The van der Waals surface area contributed by atoms with E-state index >= 15 is 0 Å². The van der Waals surface area contributed by atoms with Gasteiger partial charge in [0.2, 0.25) is 11.9 Å². The van der Waals surface area contributed by atoms with E-state index in [4.69, 9.17) is 0 Å². The number of hydrogen-bond acceptors (Lipinski definition) is 5. The molecule has 2 heterocycles. The standard InChI is InChI=1S/C21H30N4O2/c26-18(12-20-8-15-7-16(9-20)11-21(27,10-15)14-20)24-17-3-1-6-25(13-17)19-22-4-2-5-23-19/h2,4-5,15-17,27H,1,3,6-14H2,(H,24,26). The molecule has 4 aliphatic carbocycles. The van der Waals surface area contributed by atoms with Crippen LogP contribution in [-0.2, 0) is 4.79 Å². The third-order valence-corrected chi connectivity index (χ3v) is 7.31. The van der Waals surface area contributed by atoms with E-state index in [2.05, 4.69) is 20.2 Å². The predicted molar refractivity (Wildman–Crippen MR) is 102 cm³/mol. The van der Waals surface area contributed by atoms with Gasteiger partial charge < -0.3 is 15.3 Å². The molecule has 6 heteroatoms. The van der Waals surface area contributed by atoms with Crippen molar-refractivity contribution in [1.82, 2.24) is 15.3 Å². The lowest BCUT2D eigenvalue weighted by Crippen LogP contribution is -2.57. The smallest absolute Gasteiger partial charge is 0.225 e. The number of carbonyl (C=O) groups is 1. The zero-order valence-electron chi connectivity index (χ0n) is 15.9. The fourth-order valence-corrected chi connectivity index (χ4v) is 6.96. The molecule has 0 aromatic carbocycles. The van der Waals surface area contributed by atoms with Crippen molar-refractivity contribution < 1.29 is 9.90 Å². The number of aliphatic hydroxyl groups is 1. The molecule has 6 rings (SSSR count). The molecule has 146 valence electrons. The molecule has 5 aliphatic rings. The molecule has 3 atom stereocenters. The van der Waals surface area contributed by atoms with Crippen molar-refractivity contribution >= 4 is 11.9 Å². The first-order valence-corrected chi connectivity index (χ1v) is 10.5. The summed E-state index contributed by atoms with van der Waals surface area (Å²) in [5.74, 6) is 2.18. The third-order valence-electron chi connectivity index (χ3n) is 7.31. The number of amides is 1. The van der Waals surface area contributed by atoms with E-state index in [1.54, 1.807) is 12.4 Å². The quantitative estimate of drug-likeness (QED) is 0.850. The number of piperidine rings is 1. The van der Waals surface area contributed by atoms with Crippen molar-refractivity contribution in [2.75, 3.05) is 18.0 Å². The molecule has 6 nitrogen and oxygen atoms in total. The monoisotopic (exact) mass is 370 g/mol. The first-order chi connectivity index (χ1) is 13.0. The van der Waals surface area contributed by atoms with Gasteiger partial charge in [-0.3, -0.25) is 4.79 Å². The number of rotatable bonds is 4. The van der Waals surface area contributed by atoms with Crippen LogP contribution in [-0.4, -0.2) is 45.7 Å². The highest BCUT2D eigenvalue weighted by Crippen LogP contribution is 2.62. The van der Waals surface area contributed by atoms with Crippen molar-refractivity contribution in [2.24, 2.45) is 17.3 Å². The number of anilines is 1. The number of hydrogen-bond donors (Lipinski definition) is 2. The fraction of sp³-hybridized carbons (Fsp3) is 0.762. The largest absolute Gasteiger partial charge is 0.390 e. The molecule has 3 unspecified atom stereocenters. The van der Waals surface area contributed by atoms with E-state index < -0.39 is 5.60 Å². The number of aromatic nitrogens is 2. The Labute approximate surface area is 160 Å². The normalized spacial score (nSPS) is 40.2. The molecule has 4 saturated carbocycles. The zero-order valence-corrected chi connectivity index (χ0v) is 15.9. The Hall–Kier alpha value is -1.69. The Bertz CT molecular complexity index is 695. The summed E-state index contributed by atoms with van der Waals surface area (Å²) in [5, 5.41) is 14.2. The van der Waals surface area contributed by atoms with Crippen LogP contribution < -0.4 is 10.2 Å². The maximum atomic E-state index is 12.9. The van der Waals surface area contributed by atoms with Gasteiger partial charge in [0, 0.05) is 37.9 Å². The van der Waals surface area contributed by atoms with Crippen molar-refractivity contribution in [2.45, 2.75) is 69.4 Å². The number of nitrogens with one attached hydrogen (secondary N) is 1. The van der Waals surface area contributed by atoms with Gasteiger partial charge in [-0.05, 0) is 74.7 Å².